The topological polar surface area (TPSA) is 112 Å². The predicted molar refractivity (Wildman–Crippen MR) is 72.2 cm³/mol. The minimum atomic E-state index is -4.06. The van der Waals surface area contributed by atoms with Crippen LogP contribution < -0.4 is 4.72 Å². The molecule has 1 aromatic heterocycles. The third kappa shape index (κ3) is 2.87. The highest BCUT2D eigenvalue weighted by Gasteiger charge is 2.21. The van der Waals surface area contributed by atoms with E-state index in [1.54, 1.807) is 13.8 Å². The molecule has 3 N–H and O–H groups in total. The van der Waals surface area contributed by atoms with Gasteiger partial charge in [0.05, 0.1) is 10.5 Å². The van der Waals surface area contributed by atoms with E-state index in [1.807, 2.05) is 0 Å². The van der Waals surface area contributed by atoms with Crippen LogP contribution in [0.4, 0.5) is 10.2 Å². The van der Waals surface area contributed by atoms with Crippen LogP contribution in [0, 0.1) is 19.7 Å². The van der Waals surface area contributed by atoms with Crippen molar-refractivity contribution in [1.82, 2.24) is 10.2 Å². The summed E-state index contributed by atoms with van der Waals surface area (Å²) in [5.74, 6) is -2.45. The van der Waals surface area contributed by atoms with Crippen LogP contribution in [0.5, 0.6) is 0 Å². The quantitative estimate of drug-likeness (QED) is 0.794. The average Bonchev–Trinajstić information content (AvgIpc) is 2.70. The van der Waals surface area contributed by atoms with Gasteiger partial charge in [-0.05, 0) is 32.0 Å². The third-order valence-electron chi connectivity index (χ3n) is 2.96. The predicted octanol–water partition coefficient (Wildman–Crippen LogP) is 1.66. The Kier molecular flexibility index (Phi) is 3.69. The Hall–Kier alpha value is -2.42. The lowest BCUT2D eigenvalue weighted by Gasteiger charge is -2.07. The maximum atomic E-state index is 13.3. The van der Waals surface area contributed by atoms with Crippen molar-refractivity contribution in [2.24, 2.45) is 0 Å². The Morgan fingerprint density at radius 2 is 2.05 bits per heavy atom. The summed E-state index contributed by atoms with van der Waals surface area (Å²) in [4.78, 5) is 10.5. The number of aromatic nitrogens is 2. The zero-order chi connectivity index (χ0) is 15.8. The number of carbonyl (C=O) groups is 1. The second-order valence-electron chi connectivity index (χ2n) is 4.37. The lowest BCUT2D eigenvalue weighted by molar-refractivity contribution is 0.0691. The molecule has 2 aromatic rings. The monoisotopic (exact) mass is 313 g/mol. The van der Waals surface area contributed by atoms with Crippen LogP contribution in [0.3, 0.4) is 0 Å². The van der Waals surface area contributed by atoms with Gasteiger partial charge in [-0.3, -0.25) is 9.82 Å². The number of benzene rings is 1. The first-order valence-electron chi connectivity index (χ1n) is 5.79. The number of anilines is 1. The summed E-state index contributed by atoms with van der Waals surface area (Å²) >= 11 is 0. The number of aromatic carboxylic acids is 1. The molecular formula is C12H12FN3O4S. The Bertz CT molecular complexity index is 814. The zero-order valence-corrected chi connectivity index (χ0v) is 12.0. The number of aromatic amines is 1. The summed E-state index contributed by atoms with van der Waals surface area (Å²) in [5.41, 5.74) is 0.588. The molecule has 0 unspecified atom stereocenters. The van der Waals surface area contributed by atoms with Gasteiger partial charge >= 0.3 is 5.97 Å². The fourth-order valence-corrected chi connectivity index (χ4v) is 2.70. The summed E-state index contributed by atoms with van der Waals surface area (Å²) in [7, 11) is -4.06. The second-order valence-corrected chi connectivity index (χ2v) is 6.06. The molecule has 7 nitrogen and oxygen atoms in total. The molecule has 112 valence electrons. The van der Waals surface area contributed by atoms with E-state index in [2.05, 4.69) is 14.9 Å². The molecular weight excluding hydrogens is 301 g/mol. The smallest absolute Gasteiger partial charge is 0.338 e. The van der Waals surface area contributed by atoms with Gasteiger partial charge < -0.3 is 5.11 Å². The molecule has 0 atom stereocenters. The van der Waals surface area contributed by atoms with Crippen molar-refractivity contribution >= 4 is 21.8 Å². The van der Waals surface area contributed by atoms with E-state index in [0.717, 1.165) is 18.2 Å². The Morgan fingerprint density at radius 1 is 1.38 bits per heavy atom. The van der Waals surface area contributed by atoms with Gasteiger partial charge in [0.15, 0.2) is 5.82 Å². The molecule has 1 aromatic carbocycles. The molecule has 9 heteroatoms. The van der Waals surface area contributed by atoms with Gasteiger partial charge in [-0.15, -0.1) is 0 Å². The van der Waals surface area contributed by atoms with E-state index in [-0.39, 0.29) is 10.7 Å². The molecule has 0 aliphatic heterocycles. The van der Waals surface area contributed by atoms with Gasteiger partial charge in [-0.2, -0.15) is 5.10 Å². The van der Waals surface area contributed by atoms with Crippen LogP contribution in [-0.2, 0) is 10.0 Å². The largest absolute Gasteiger partial charge is 0.478 e. The zero-order valence-electron chi connectivity index (χ0n) is 11.1. The molecule has 1 heterocycles. The van der Waals surface area contributed by atoms with Gasteiger partial charge in [0.25, 0.3) is 10.0 Å². The summed E-state index contributed by atoms with van der Waals surface area (Å²) in [6, 6.07) is 2.54. The van der Waals surface area contributed by atoms with Gasteiger partial charge in [-0.25, -0.2) is 17.6 Å². The number of nitrogens with one attached hydrogen (secondary N) is 2. The Morgan fingerprint density at radius 3 is 2.57 bits per heavy atom. The van der Waals surface area contributed by atoms with E-state index in [4.69, 9.17) is 5.11 Å². The number of sulfonamides is 1. The van der Waals surface area contributed by atoms with Crippen molar-refractivity contribution < 1.29 is 22.7 Å². The molecule has 0 fully saturated rings. The lowest BCUT2D eigenvalue weighted by atomic mass is 10.2. The van der Waals surface area contributed by atoms with Crippen LogP contribution in [0.2, 0.25) is 0 Å². The van der Waals surface area contributed by atoms with Crippen molar-refractivity contribution in [3.8, 4) is 0 Å². The number of carboxylic acids is 1. The number of aryl methyl sites for hydroxylation is 1. The first-order chi connectivity index (χ1) is 9.72. The SMILES string of the molecule is Cc1[nH]nc(NS(=O)(=O)c2ccc(F)c(C(=O)O)c2)c1C. The molecule has 0 aliphatic rings. The minimum absolute atomic E-state index is 0.105. The minimum Gasteiger partial charge on any atom is -0.478 e. The summed E-state index contributed by atoms with van der Waals surface area (Å²) in [6.07, 6.45) is 0. The standard InChI is InChI=1S/C12H12FN3O4S/c1-6-7(2)14-15-11(6)16-21(19,20)8-3-4-10(13)9(5-8)12(17)18/h3-5H,1-2H3,(H,17,18)(H2,14,15,16). The van der Waals surface area contributed by atoms with E-state index in [1.165, 1.54) is 0 Å². The molecule has 0 spiro atoms. The summed E-state index contributed by atoms with van der Waals surface area (Å²) in [6.45, 7) is 3.39. The maximum absolute atomic E-state index is 13.3. The number of carboxylic acid groups (broad SMARTS) is 1. The number of hydrogen-bond donors (Lipinski definition) is 3. The highest BCUT2D eigenvalue weighted by molar-refractivity contribution is 7.92. The van der Waals surface area contributed by atoms with Crippen LogP contribution >= 0.6 is 0 Å². The maximum Gasteiger partial charge on any atom is 0.338 e. The average molecular weight is 313 g/mol. The molecule has 0 bridgehead atoms. The van der Waals surface area contributed by atoms with Crippen molar-refractivity contribution in [3.63, 3.8) is 0 Å². The molecule has 21 heavy (non-hydrogen) atoms. The number of halogens is 1. The van der Waals surface area contributed by atoms with Crippen molar-refractivity contribution in [3.05, 3.63) is 40.8 Å². The van der Waals surface area contributed by atoms with Crippen molar-refractivity contribution in [2.75, 3.05) is 4.72 Å². The van der Waals surface area contributed by atoms with Crippen LogP contribution in [0.1, 0.15) is 21.6 Å². The fraction of sp³-hybridized carbons (Fsp3) is 0.167. The van der Waals surface area contributed by atoms with Gasteiger partial charge in [0.2, 0.25) is 0 Å². The van der Waals surface area contributed by atoms with E-state index >= 15 is 0 Å². The molecule has 0 aliphatic carbocycles. The lowest BCUT2D eigenvalue weighted by Crippen LogP contribution is -2.15. The molecule has 0 saturated heterocycles. The second kappa shape index (κ2) is 5.17. The van der Waals surface area contributed by atoms with Crippen LogP contribution in [0.15, 0.2) is 23.1 Å². The molecule has 0 amide bonds. The normalized spacial score (nSPS) is 11.4. The molecule has 0 saturated carbocycles. The van der Waals surface area contributed by atoms with E-state index in [0.29, 0.717) is 11.3 Å². The Balaban J connectivity index is 2.43. The van der Waals surface area contributed by atoms with Crippen LogP contribution in [-0.4, -0.2) is 29.7 Å². The van der Waals surface area contributed by atoms with Crippen LogP contribution in [0.25, 0.3) is 0 Å². The van der Waals surface area contributed by atoms with E-state index in [9.17, 15) is 17.6 Å². The molecule has 2 rings (SSSR count). The first-order valence-corrected chi connectivity index (χ1v) is 7.28. The third-order valence-corrected chi connectivity index (χ3v) is 4.30. The van der Waals surface area contributed by atoms with Gasteiger partial charge in [0, 0.05) is 11.3 Å². The summed E-state index contributed by atoms with van der Waals surface area (Å²) < 4.78 is 39.9. The van der Waals surface area contributed by atoms with Crippen molar-refractivity contribution in [2.45, 2.75) is 18.7 Å². The number of rotatable bonds is 4. The Labute approximate surface area is 119 Å². The number of nitrogens with zero attached hydrogens (tertiary/aromatic N) is 1. The summed E-state index contributed by atoms with van der Waals surface area (Å²) in [5, 5.41) is 15.2. The highest BCUT2D eigenvalue weighted by atomic mass is 32.2. The number of hydrogen-bond acceptors (Lipinski definition) is 4. The van der Waals surface area contributed by atoms with Crippen molar-refractivity contribution in [1.29, 1.82) is 0 Å². The fourth-order valence-electron chi connectivity index (χ4n) is 1.61. The van der Waals surface area contributed by atoms with Gasteiger partial charge in [0.1, 0.15) is 5.82 Å². The van der Waals surface area contributed by atoms with Gasteiger partial charge in [-0.1, -0.05) is 0 Å². The number of H-pyrrole nitrogens is 1. The van der Waals surface area contributed by atoms with E-state index < -0.39 is 27.4 Å². The highest BCUT2D eigenvalue weighted by Crippen LogP contribution is 2.21. The molecule has 0 radical (unpaired) electrons. The first kappa shape index (κ1) is 15.0.